The van der Waals surface area contributed by atoms with Crippen LogP contribution < -0.4 is 0 Å². The van der Waals surface area contributed by atoms with E-state index in [9.17, 15) is 9.59 Å². The number of piperazine rings is 1. The molecule has 2 aliphatic rings. The minimum Gasteiger partial charge on any atom is -0.379 e. The number of hydrogen-bond acceptors (Lipinski definition) is 6. The van der Waals surface area contributed by atoms with Crippen molar-refractivity contribution < 1.29 is 14.3 Å². The van der Waals surface area contributed by atoms with Gasteiger partial charge in [0.15, 0.2) is 0 Å². The summed E-state index contributed by atoms with van der Waals surface area (Å²) < 4.78 is 5.33. The number of aromatic nitrogens is 1. The highest BCUT2D eigenvalue weighted by Crippen LogP contribution is 2.15. The van der Waals surface area contributed by atoms with E-state index < -0.39 is 0 Å². The molecule has 120 valence electrons. The first-order chi connectivity index (χ1) is 10.8. The molecule has 1 aromatic rings. The van der Waals surface area contributed by atoms with Crippen molar-refractivity contribution in [2.24, 2.45) is 0 Å². The van der Waals surface area contributed by atoms with Crippen molar-refractivity contribution >= 4 is 23.7 Å². The maximum Gasteiger partial charge on any atom is 0.273 e. The van der Waals surface area contributed by atoms with Crippen molar-refractivity contribution in [3.05, 3.63) is 16.1 Å². The normalized spacial score (nSPS) is 20.2. The van der Waals surface area contributed by atoms with Gasteiger partial charge in [-0.05, 0) is 0 Å². The lowest BCUT2D eigenvalue weighted by Crippen LogP contribution is -2.48. The first-order valence-electron chi connectivity index (χ1n) is 7.49. The average molecular weight is 324 g/mol. The van der Waals surface area contributed by atoms with E-state index in [1.54, 1.807) is 9.80 Å². The van der Waals surface area contributed by atoms with Gasteiger partial charge in [-0.2, -0.15) is 0 Å². The molecule has 8 heteroatoms. The fourth-order valence-electron chi connectivity index (χ4n) is 2.62. The third-order valence-corrected chi connectivity index (χ3v) is 4.82. The van der Waals surface area contributed by atoms with Gasteiger partial charge >= 0.3 is 0 Å². The Bertz CT molecular complexity index is 522. The first-order valence-corrected chi connectivity index (χ1v) is 8.37. The van der Waals surface area contributed by atoms with Gasteiger partial charge in [-0.25, -0.2) is 4.98 Å². The molecule has 0 N–H and O–H groups in total. The number of amides is 2. The Balaban J connectivity index is 1.56. The molecule has 22 heavy (non-hydrogen) atoms. The molecule has 2 amide bonds. The summed E-state index contributed by atoms with van der Waals surface area (Å²) in [6.07, 6.45) is 0.838. The SMILES string of the molecule is O=CN1CCN(C(=O)c2csc(CN3CCOCC3)n2)CC1. The predicted octanol–water partition coefficient (Wildman–Crippen LogP) is -0.110. The maximum absolute atomic E-state index is 12.4. The minimum absolute atomic E-state index is 0.0324. The zero-order valence-corrected chi connectivity index (χ0v) is 13.3. The summed E-state index contributed by atoms with van der Waals surface area (Å²) in [7, 11) is 0. The number of rotatable bonds is 4. The third-order valence-electron chi connectivity index (χ3n) is 3.98. The van der Waals surface area contributed by atoms with E-state index in [-0.39, 0.29) is 5.91 Å². The Morgan fingerprint density at radius 2 is 1.95 bits per heavy atom. The fraction of sp³-hybridized carbons (Fsp3) is 0.643. The highest BCUT2D eigenvalue weighted by Gasteiger charge is 2.23. The maximum atomic E-state index is 12.4. The second-order valence-electron chi connectivity index (χ2n) is 5.45. The van der Waals surface area contributed by atoms with Crippen molar-refractivity contribution in [1.29, 1.82) is 0 Å². The van der Waals surface area contributed by atoms with E-state index in [4.69, 9.17) is 4.74 Å². The van der Waals surface area contributed by atoms with Crippen LogP contribution in [0, 0.1) is 0 Å². The molecule has 1 aromatic heterocycles. The number of hydrogen-bond donors (Lipinski definition) is 0. The molecule has 0 radical (unpaired) electrons. The number of nitrogens with zero attached hydrogens (tertiary/aromatic N) is 4. The van der Waals surface area contributed by atoms with Crippen LogP contribution in [0.1, 0.15) is 15.5 Å². The predicted molar refractivity (Wildman–Crippen MR) is 81.8 cm³/mol. The molecule has 0 aliphatic carbocycles. The molecule has 2 fully saturated rings. The molecule has 0 unspecified atom stereocenters. The molecule has 3 rings (SSSR count). The topological polar surface area (TPSA) is 66.0 Å². The molecule has 7 nitrogen and oxygen atoms in total. The summed E-state index contributed by atoms with van der Waals surface area (Å²) in [5.41, 5.74) is 0.521. The van der Waals surface area contributed by atoms with Crippen molar-refractivity contribution in [3.63, 3.8) is 0 Å². The summed E-state index contributed by atoms with van der Waals surface area (Å²) in [5.74, 6) is -0.0324. The summed E-state index contributed by atoms with van der Waals surface area (Å²) in [6.45, 7) is 6.48. The first kappa shape index (κ1) is 15.4. The van der Waals surface area contributed by atoms with Gasteiger partial charge in [-0.15, -0.1) is 11.3 Å². The van der Waals surface area contributed by atoms with Gasteiger partial charge < -0.3 is 14.5 Å². The van der Waals surface area contributed by atoms with Crippen LogP contribution in [0.25, 0.3) is 0 Å². The molecule has 2 aliphatic heterocycles. The summed E-state index contributed by atoms with van der Waals surface area (Å²) in [4.78, 5) is 33.4. The van der Waals surface area contributed by atoms with Gasteiger partial charge in [0.2, 0.25) is 6.41 Å². The third kappa shape index (κ3) is 3.63. The van der Waals surface area contributed by atoms with E-state index in [2.05, 4.69) is 9.88 Å². The molecular weight excluding hydrogens is 304 g/mol. The summed E-state index contributed by atoms with van der Waals surface area (Å²) >= 11 is 1.53. The van der Waals surface area contributed by atoms with Crippen LogP contribution in [0.4, 0.5) is 0 Å². The number of ether oxygens (including phenoxy) is 1. The summed E-state index contributed by atoms with van der Waals surface area (Å²) in [5, 5.41) is 2.81. The molecule has 0 bridgehead atoms. The van der Waals surface area contributed by atoms with Gasteiger partial charge in [0.25, 0.3) is 5.91 Å². The Morgan fingerprint density at radius 1 is 1.23 bits per heavy atom. The van der Waals surface area contributed by atoms with Crippen LogP contribution in [-0.4, -0.2) is 84.5 Å². The monoisotopic (exact) mass is 324 g/mol. The Labute approximate surface area is 133 Å². The lowest BCUT2D eigenvalue weighted by molar-refractivity contribution is -0.119. The van der Waals surface area contributed by atoms with E-state index in [1.165, 1.54) is 11.3 Å². The van der Waals surface area contributed by atoms with Crippen LogP contribution in [0.3, 0.4) is 0 Å². The van der Waals surface area contributed by atoms with Crippen LogP contribution in [0.5, 0.6) is 0 Å². The quantitative estimate of drug-likeness (QED) is 0.723. The lowest BCUT2D eigenvalue weighted by atomic mass is 10.3. The largest absolute Gasteiger partial charge is 0.379 e. The fourth-order valence-corrected chi connectivity index (χ4v) is 3.43. The molecule has 0 saturated carbocycles. The van der Waals surface area contributed by atoms with Crippen LogP contribution >= 0.6 is 11.3 Å². The van der Waals surface area contributed by atoms with Crippen molar-refractivity contribution in [2.45, 2.75) is 6.54 Å². The molecule has 0 atom stereocenters. The van der Waals surface area contributed by atoms with Crippen LogP contribution in [0.2, 0.25) is 0 Å². The lowest BCUT2D eigenvalue weighted by Gasteiger charge is -2.32. The number of morpholine rings is 1. The number of carbonyl (C=O) groups is 2. The number of carbonyl (C=O) groups excluding carboxylic acids is 2. The van der Waals surface area contributed by atoms with Crippen molar-refractivity contribution in [3.8, 4) is 0 Å². The van der Waals surface area contributed by atoms with Crippen LogP contribution in [0.15, 0.2) is 5.38 Å². The van der Waals surface area contributed by atoms with Gasteiger partial charge in [0.1, 0.15) is 10.7 Å². The number of thiazole rings is 1. The van der Waals surface area contributed by atoms with E-state index in [0.717, 1.165) is 44.3 Å². The zero-order chi connectivity index (χ0) is 15.4. The zero-order valence-electron chi connectivity index (χ0n) is 12.4. The summed E-state index contributed by atoms with van der Waals surface area (Å²) in [6, 6.07) is 0. The Morgan fingerprint density at radius 3 is 2.64 bits per heavy atom. The van der Waals surface area contributed by atoms with Crippen LogP contribution in [-0.2, 0) is 16.1 Å². The molecule has 2 saturated heterocycles. The van der Waals surface area contributed by atoms with Crippen molar-refractivity contribution in [1.82, 2.24) is 19.7 Å². The smallest absolute Gasteiger partial charge is 0.273 e. The Kier molecular flexibility index (Phi) is 5.01. The minimum atomic E-state index is -0.0324. The standard InChI is InChI=1S/C14H20N4O3S/c19-11-17-1-3-18(4-2-17)14(20)12-10-22-13(15-12)9-16-5-7-21-8-6-16/h10-11H,1-9H2. The van der Waals surface area contributed by atoms with Gasteiger partial charge in [-0.3, -0.25) is 14.5 Å². The van der Waals surface area contributed by atoms with E-state index in [0.29, 0.717) is 31.9 Å². The molecule has 0 aromatic carbocycles. The van der Waals surface area contributed by atoms with Gasteiger partial charge in [-0.1, -0.05) is 0 Å². The van der Waals surface area contributed by atoms with E-state index >= 15 is 0 Å². The average Bonchev–Trinajstić information content (AvgIpc) is 3.04. The highest BCUT2D eigenvalue weighted by molar-refractivity contribution is 7.09. The Hall–Kier alpha value is -1.51. The highest BCUT2D eigenvalue weighted by atomic mass is 32.1. The second-order valence-corrected chi connectivity index (χ2v) is 6.39. The molecule has 0 spiro atoms. The van der Waals surface area contributed by atoms with Crippen molar-refractivity contribution in [2.75, 3.05) is 52.5 Å². The second kappa shape index (κ2) is 7.17. The molecule has 3 heterocycles. The molecular formula is C14H20N4O3S. The van der Waals surface area contributed by atoms with E-state index in [1.807, 2.05) is 5.38 Å². The van der Waals surface area contributed by atoms with Gasteiger partial charge in [0, 0.05) is 44.6 Å². The van der Waals surface area contributed by atoms with Gasteiger partial charge in [0.05, 0.1) is 19.8 Å².